The molecule has 9 heteroatoms. The number of rotatable bonds is 9. The molecule has 2 aromatic carbocycles. The van der Waals surface area contributed by atoms with Crippen molar-refractivity contribution in [1.29, 1.82) is 0 Å². The summed E-state index contributed by atoms with van der Waals surface area (Å²) < 4.78 is 18.0. The van der Waals surface area contributed by atoms with E-state index in [2.05, 4.69) is 27.6 Å². The third-order valence-corrected chi connectivity index (χ3v) is 6.80. The van der Waals surface area contributed by atoms with Crippen LogP contribution in [0.4, 0.5) is 4.79 Å². The number of aryl methyl sites for hydroxylation is 1. The predicted molar refractivity (Wildman–Crippen MR) is 144 cm³/mol. The maximum atomic E-state index is 12.9. The highest BCUT2D eigenvalue weighted by Gasteiger charge is 2.35. The molecule has 4 rings (SSSR count). The summed E-state index contributed by atoms with van der Waals surface area (Å²) in [5.74, 6) is 1.50. The van der Waals surface area contributed by atoms with Gasteiger partial charge in [0.25, 0.3) is 11.1 Å². The molecule has 0 unspecified atom stereocenters. The number of ether oxygens (including phenoxy) is 3. The zero-order valence-electron chi connectivity index (χ0n) is 19.2. The van der Waals surface area contributed by atoms with Gasteiger partial charge >= 0.3 is 0 Å². The van der Waals surface area contributed by atoms with Crippen molar-refractivity contribution in [1.82, 2.24) is 9.88 Å². The lowest BCUT2D eigenvalue weighted by molar-refractivity contribution is -0.123. The maximum absolute atomic E-state index is 12.9. The van der Waals surface area contributed by atoms with Gasteiger partial charge in [-0.2, -0.15) is 0 Å². The van der Waals surface area contributed by atoms with Crippen LogP contribution in [0.3, 0.4) is 0 Å². The molecule has 35 heavy (non-hydrogen) atoms. The molecular formula is C26H23IN2O5S. The Kier molecular flexibility index (Phi) is 8.29. The smallest absolute Gasteiger partial charge is 0.293 e. The number of aromatic nitrogens is 1. The molecule has 0 spiro atoms. The van der Waals surface area contributed by atoms with Crippen LogP contribution in [-0.2, 0) is 11.4 Å². The summed E-state index contributed by atoms with van der Waals surface area (Å²) in [4.78, 5) is 31.2. The monoisotopic (exact) mass is 602 g/mol. The van der Waals surface area contributed by atoms with E-state index in [0.29, 0.717) is 28.8 Å². The second kappa shape index (κ2) is 11.6. The standard InChI is InChI=1S/C26H23IN2O5S/c1-17-6-5-8-20(12-17)33-11-10-29-25(30)23(35-26(29)31)15-18-13-21(27)24(22(14-18)32-2)34-16-19-7-3-4-9-28-19/h3-9,12-15H,10-11,16H2,1-2H3/b23-15-. The first kappa shape index (κ1) is 25.1. The molecule has 3 aromatic rings. The summed E-state index contributed by atoms with van der Waals surface area (Å²) in [6.45, 7) is 2.68. The van der Waals surface area contributed by atoms with Gasteiger partial charge in [0, 0.05) is 6.20 Å². The zero-order valence-corrected chi connectivity index (χ0v) is 22.2. The fourth-order valence-electron chi connectivity index (χ4n) is 3.40. The Morgan fingerprint density at radius 1 is 1.09 bits per heavy atom. The van der Waals surface area contributed by atoms with Gasteiger partial charge in [0.2, 0.25) is 0 Å². The molecule has 180 valence electrons. The van der Waals surface area contributed by atoms with Crippen molar-refractivity contribution in [3.8, 4) is 17.2 Å². The average Bonchev–Trinajstić information content (AvgIpc) is 3.11. The molecule has 7 nitrogen and oxygen atoms in total. The van der Waals surface area contributed by atoms with E-state index in [1.807, 2.05) is 55.5 Å². The maximum Gasteiger partial charge on any atom is 0.293 e. The summed E-state index contributed by atoms with van der Waals surface area (Å²) in [5.41, 5.74) is 2.61. The molecule has 0 N–H and O–H groups in total. The number of carbonyl (C=O) groups is 2. The van der Waals surface area contributed by atoms with E-state index in [9.17, 15) is 9.59 Å². The van der Waals surface area contributed by atoms with Gasteiger partial charge in [0.05, 0.1) is 27.8 Å². The number of hydrogen-bond acceptors (Lipinski definition) is 7. The van der Waals surface area contributed by atoms with Crippen molar-refractivity contribution in [3.05, 3.63) is 86.1 Å². The number of halogens is 1. The van der Waals surface area contributed by atoms with E-state index in [1.165, 1.54) is 4.90 Å². The Labute approximate surface area is 221 Å². The fraction of sp³-hybridized carbons (Fsp3) is 0.192. The fourth-order valence-corrected chi connectivity index (χ4v) is 5.04. The second-order valence-corrected chi connectivity index (χ2v) is 9.80. The van der Waals surface area contributed by atoms with E-state index >= 15 is 0 Å². The number of carbonyl (C=O) groups excluding carboxylic acids is 2. The first-order valence-corrected chi connectivity index (χ1v) is 12.7. The van der Waals surface area contributed by atoms with Crippen LogP contribution in [-0.4, -0.2) is 41.3 Å². The van der Waals surface area contributed by atoms with Crippen molar-refractivity contribution >= 4 is 51.6 Å². The van der Waals surface area contributed by atoms with E-state index in [-0.39, 0.29) is 24.3 Å². The molecular weight excluding hydrogens is 579 g/mol. The number of nitrogens with zero attached hydrogens (tertiary/aromatic N) is 2. The van der Waals surface area contributed by atoms with E-state index in [1.54, 1.807) is 25.4 Å². The summed E-state index contributed by atoms with van der Waals surface area (Å²) in [6, 6.07) is 16.9. The van der Waals surface area contributed by atoms with Crippen LogP contribution in [0.25, 0.3) is 6.08 Å². The van der Waals surface area contributed by atoms with Gasteiger partial charge in [-0.25, -0.2) is 0 Å². The van der Waals surface area contributed by atoms with Gasteiger partial charge in [0.15, 0.2) is 11.5 Å². The van der Waals surface area contributed by atoms with Crippen LogP contribution >= 0.6 is 34.4 Å². The van der Waals surface area contributed by atoms with Gasteiger partial charge in [-0.15, -0.1) is 0 Å². The van der Waals surface area contributed by atoms with E-state index in [4.69, 9.17) is 14.2 Å². The first-order valence-electron chi connectivity index (χ1n) is 10.8. The molecule has 1 aliphatic rings. The van der Waals surface area contributed by atoms with Crippen LogP contribution in [0.5, 0.6) is 17.2 Å². The van der Waals surface area contributed by atoms with E-state index in [0.717, 1.165) is 32.2 Å². The topological polar surface area (TPSA) is 78.0 Å². The van der Waals surface area contributed by atoms with Crippen LogP contribution in [0.2, 0.25) is 0 Å². The quantitative estimate of drug-likeness (QED) is 0.230. The molecule has 2 heterocycles. The number of hydrogen-bond donors (Lipinski definition) is 0. The molecule has 0 atom stereocenters. The number of imide groups is 1. The van der Waals surface area contributed by atoms with Crippen LogP contribution in [0, 0.1) is 10.5 Å². The first-order chi connectivity index (χ1) is 16.9. The Bertz CT molecular complexity index is 1270. The number of pyridine rings is 1. The highest BCUT2D eigenvalue weighted by molar-refractivity contribution is 14.1. The average molecular weight is 602 g/mol. The number of benzene rings is 2. The molecule has 0 radical (unpaired) electrons. The predicted octanol–water partition coefficient (Wildman–Crippen LogP) is 5.70. The third-order valence-electron chi connectivity index (χ3n) is 5.09. The summed E-state index contributed by atoms with van der Waals surface area (Å²) >= 11 is 3.08. The summed E-state index contributed by atoms with van der Waals surface area (Å²) in [6.07, 6.45) is 3.41. The highest BCUT2D eigenvalue weighted by atomic mass is 127. The molecule has 1 aromatic heterocycles. The van der Waals surface area contributed by atoms with Gasteiger partial charge in [-0.1, -0.05) is 18.2 Å². The van der Waals surface area contributed by atoms with Crippen molar-refractivity contribution in [2.45, 2.75) is 13.5 Å². The normalized spacial score (nSPS) is 14.5. The van der Waals surface area contributed by atoms with Gasteiger partial charge < -0.3 is 14.2 Å². The Morgan fingerprint density at radius 3 is 2.69 bits per heavy atom. The SMILES string of the molecule is COc1cc(/C=C2\SC(=O)N(CCOc3cccc(C)c3)C2=O)cc(I)c1OCc1ccccn1. The third kappa shape index (κ3) is 6.34. The van der Waals surface area contributed by atoms with Gasteiger partial charge in [0.1, 0.15) is 19.0 Å². The number of methoxy groups -OCH3 is 1. The lowest BCUT2D eigenvalue weighted by Gasteiger charge is -2.14. The van der Waals surface area contributed by atoms with Crippen molar-refractivity contribution in [2.24, 2.45) is 0 Å². The Morgan fingerprint density at radius 2 is 1.94 bits per heavy atom. The minimum absolute atomic E-state index is 0.178. The van der Waals surface area contributed by atoms with Crippen molar-refractivity contribution in [3.63, 3.8) is 0 Å². The molecule has 0 aliphatic carbocycles. The van der Waals surface area contributed by atoms with Gasteiger partial charge in [-0.05, 0) is 94.9 Å². The molecule has 0 bridgehead atoms. The van der Waals surface area contributed by atoms with Crippen LogP contribution < -0.4 is 14.2 Å². The van der Waals surface area contributed by atoms with Crippen molar-refractivity contribution < 1.29 is 23.8 Å². The lowest BCUT2D eigenvalue weighted by atomic mass is 10.2. The highest BCUT2D eigenvalue weighted by Crippen LogP contribution is 2.37. The zero-order chi connectivity index (χ0) is 24.8. The van der Waals surface area contributed by atoms with Crippen LogP contribution in [0.15, 0.2) is 65.7 Å². The summed E-state index contributed by atoms with van der Waals surface area (Å²) in [7, 11) is 1.56. The molecule has 0 saturated carbocycles. The van der Waals surface area contributed by atoms with E-state index < -0.39 is 0 Å². The van der Waals surface area contributed by atoms with Crippen LogP contribution in [0.1, 0.15) is 16.8 Å². The second-order valence-electron chi connectivity index (χ2n) is 7.64. The Balaban J connectivity index is 1.44. The molecule has 1 aliphatic heterocycles. The molecule has 1 fully saturated rings. The lowest BCUT2D eigenvalue weighted by Crippen LogP contribution is -2.32. The minimum Gasteiger partial charge on any atom is -0.493 e. The number of amides is 2. The molecule has 2 amide bonds. The minimum atomic E-state index is -0.336. The molecule has 1 saturated heterocycles. The largest absolute Gasteiger partial charge is 0.493 e. The van der Waals surface area contributed by atoms with Gasteiger partial charge in [-0.3, -0.25) is 19.5 Å². The number of thioether (sulfide) groups is 1. The Hall–Kier alpha value is -3.05. The van der Waals surface area contributed by atoms with Crippen molar-refractivity contribution in [2.75, 3.05) is 20.3 Å². The summed E-state index contributed by atoms with van der Waals surface area (Å²) in [5, 5.41) is -0.314.